The van der Waals surface area contributed by atoms with Crippen LogP contribution in [-0.4, -0.2) is 72.3 Å². The van der Waals surface area contributed by atoms with Gasteiger partial charge in [-0.1, -0.05) is 53.6 Å². The van der Waals surface area contributed by atoms with E-state index in [4.69, 9.17) is 21.1 Å². The third-order valence-corrected chi connectivity index (χ3v) is 10.0. The summed E-state index contributed by atoms with van der Waals surface area (Å²) in [4.78, 5) is 31.9. The summed E-state index contributed by atoms with van der Waals surface area (Å²) in [5.74, 6) is -0.609. The van der Waals surface area contributed by atoms with Gasteiger partial charge >= 0.3 is 0 Å². The molecule has 2 amide bonds. The van der Waals surface area contributed by atoms with E-state index < -0.39 is 0 Å². The molecule has 0 saturated carbocycles. The minimum Gasteiger partial charge on any atom is -0.508 e. The largest absolute Gasteiger partial charge is 0.508 e. The number of imide groups is 1. The molecule has 0 unspecified atom stereocenters. The molecule has 3 aliphatic heterocycles. The van der Waals surface area contributed by atoms with E-state index in [1.165, 1.54) is 11.1 Å². The second-order valence-corrected chi connectivity index (χ2v) is 12.9. The molecule has 0 spiro atoms. The maximum absolute atomic E-state index is 14.0. The Morgan fingerprint density at radius 3 is 2.58 bits per heavy atom. The van der Waals surface area contributed by atoms with Gasteiger partial charge in [0.25, 0.3) is 0 Å². The molecule has 3 fully saturated rings. The second kappa shape index (κ2) is 12.9. The molecule has 3 heterocycles. The van der Waals surface area contributed by atoms with Gasteiger partial charge in [0.05, 0.1) is 36.2 Å². The third-order valence-electron chi connectivity index (χ3n) is 9.72. The van der Waals surface area contributed by atoms with Gasteiger partial charge in [0.15, 0.2) is 0 Å². The van der Waals surface area contributed by atoms with Gasteiger partial charge in [0.1, 0.15) is 5.75 Å². The number of allylic oxidation sites excluding steroid dienone is 1. The van der Waals surface area contributed by atoms with Crippen LogP contribution in [0.15, 0.2) is 65.3 Å². The number of phenols is 1. The predicted octanol–water partition coefficient (Wildman–Crippen LogP) is 5.86. The molecule has 6 rings (SSSR count). The van der Waals surface area contributed by atoms with Gasteiger partial charge < -0.3 is 14.6 Å². The summed E-state index contributed by atoms with van der Waals surface area (Å²) in [6.07, 6.45) is 5.71. The van der Waals surface area contributed by atoms with E-state index in [-0.39, 0.29) is 47.5 Å². The average molecular weight is 605 g/mol. The molecular weight excluding hydrogens is 564 g/mol. The van der Waals surface area contributed by atoms with E-state index in [1.807, 2.05) is 18.2 Å². The van der Waals surface area contributed by atoms with Crippen molar-refractivity contribution in [3.63, 3.8) is 0 Å². The Morgan fingerprint density at radius 2 is 1.86 bits per heavy atom. The van der Waals surface area contributed by atoms with E-state index in [1.54, 1.807) is 24.1 Å². The SMILES string of the molecule is COCC1=C2[C@@H](CC/C(C)=C/c3ccc(O)cc3Cl)OC[C@@H]2[C@@H]2C(=O)N(C3CCN(Cc4ccccc4)CC3)C(=O)[C@@H]2C1. The van der Waals surface area contributed by atoms with E-state index in [0.29, 0.717) is 24.7 Å². The van der Waals surface area contributed by atoms with Crippen molar-refractivity contribution < 1.29 is 24.2 Å². The summed E-state index contributed by atoms with van der Waals surface area (Å²) in [5.41, 5.74) is 5.61. The zero-order valence-electron chi connectivity index (χ0n) is 25.0. The molecule has 2 aromatic rings. The van der Waals surface area contributed by atoms with Gasteiger partial charge in [0.2, 0.25) is 11.8 Å². The summed E-state index contributed by atoms with van der Waals surface area (Å²) < 4.78 is 12.0. The van der Waals surface area contributed by atoms with E-state index in [9.17, 15) is 14.7 Å². The number of rotatable bonds is 9. The number of hydrogen-bond acceptors (Lipinski definition) is 6. The molecule has 4 atom stereocenters. The van der Waals surface area contributed by atoms with Gasteiger partial charge in [-0.3, -0.25) is 19.4 Å². The maximum Gasteiger partial charge on any atom is 0.234 e. The number of hydrogen-bond donors (Lipinski definition) is 1. The monoisotopic (exact) mass is 604 g/mol. The molecule has 7 nitrogen and oxygen atoms in total. The third kappa shape index (κ3) is 6.18. The maximum atomic E-state index is 14.0. The number of amides is 2. The smallest absolute Gasteiger partial charge is 0.234 e. The number of halogens is 1. The predicted molar refractivity (Wildman–Crippen MR) is 166 cm³/mol. The first-order valence-corrected chi connectivity index (χ1v) is 15.8. The van der Waals surface area contributed by atoms with Gasteiger partial charge in [0, 0.05) is 38.7 Å². The number of fused-ring (bicyclic) bond motifs is 3. The first kappa shape index (κ1) is 30.1. The Labute approximate surface area is 259 Å². The first-order chi connectivity index (χ1) is 20.8. The fourth-order valence-electron chi connectivity index (χ4n) is 7.67. The van der Waals surface area contributed by atoms with Gasteiger partial charge in [-0.2, -0.15) is 0 Å². The molecule has 1 aliphatic carbocycles. The van der Waals surface area contributed by atoms with Gasteiger partial charge in [-0.05, 0) is 79.5 Å². The molecule has 43 heavy (non-hydrogen) atoms. The summed E-state index contributed by atoms with van der Waals surface area (Å²) in [7, 11) is 1.69. The lowest BCUT2D eigenvalue weighted by Crippen LogP contribution is -2.47. The highest BCUT2D eigenvalue weighted by atomic mass is 35.5. The standard InChI is InChI=1S/C35H41ClN2O5/c1-22(16-24-9-10-27(39)18-30(24)36)8-11-31-32-25(20-42-2)17-28-33(29(32)21-43-31)35(41)38(34(28)40)26-12-14-37(15-13-26)19-23-6-4-3-5-7-23/h3-7,9-10,16,18,26,28-29,31,33,39H,8,11-15,17,19-21H2,1-2H3/b22-16+/t28-,29+,31-,33-/m1/s1. The summed E-state index contributed by atoms with van der Waals surface area (Å²) >= 11 is 6.31. The topological polar surface area (TPSA) is 79.3 Å². The number of methoxy groups -OCH3 is 1. The van der Waals surface area contributed by atoms with Crippen molar-refractivity contribution >= 4 is 29.5 Å². The van der Waals surface area contributed by atoms with Crippen LogP contribution in [0.4, 0.5) is 0 Å². The van der Waals surface area contributed by atoms with Crippen LogP contribution in [0, 0.1) is 17.8 Å². The zero-order valence-corrected chi connectivity index (χ0v) is 25.8. The fourth-order valence-corrected chi connectivity index (χ4v) is 7.90. The first-order valence-electron chi connectivity index (χ1n) is 15.4. The van der Waals surface area contributed by atoms with Crippen molar-refractivity contribution in [3.8, 4) is 5.75 Å². The number of aromatic hydroxyl groups is 1. The quantitative estimate of drug-likeness (QED) is 0.285. The molecule has 4 aliphatic rings. The Kier molecular flexibility index (Phi) is 9.05. The highest BCUT2D eigenvalue weighted by Crippen LogP contribution is 2.50. The molecule has 2 aromatic carbocycles. The molecule has 0 bridgehead atoms. The Morgan fingerprint density at radius 1 is 1.09 bits per heavy atom. The number of phenolic OH excluding ortho intramolecular Hbond substituents is 1. The molecule has 3 saturated heterocycles. The second-order valence-electron chi connectivity index (χ2n) is 12.5. The number of nitrogens with zero attached hydrogens (tertiary/aromatic N) is 2. The lowest BCUT2D eigenvalue weighted by molar-refractivity contribution is -0.144. The minimum atomic E-state index is -0.345. The lowest BCUT2D eigenvalue weighted by atomic mass is 9.69. The van der Waals surface area contributed by atoms with E-state index in [0.717, 1.165) is 62.0 Å². The molecular formula is C35H41ClN2O5. The van der Waals surface area contributed by atoms with Crippen molar-refractivity contribution in [2.75, 3.05) is 33.4 Å². The van der Waals surface area contributed by atoms with Gasteiger partial charge in [-0.25, -0.2) is 0 Å². The van der Waals surface area contributed by atoms with Crippen LogP contribution in [0.1, 0.15) is 50.2 Å². The molecule has 0 radical (unpaired) electrons. The van der Waals surface area contributed by atoms with Crippen LogP contribution < -0.4 is 0 Å². The van der Waals surface area contributed by atoms with Crippen LogP contribution in [0.25, 0.3) is 6.08 Å². The zero-order chi connectivity index (χ0) is 30.1. The Bertz CT molecular complexity index is 1410. The number of carbonyl (C=O) groups is 2. The van der Waals surface area contributed by atoms with Crippen LogP contribution in [0.5, 0.6) is 5.75 Å². The highest BCUT2D eigenvalue weighted by molar-refractivity contribution is 6.32. The normalized spacial score (nSPS) is 26.8. The van der Waals surface area contributed by atoms with Crippen LogP contribution in [0.2, 0.25) is 5.02 Å². The molecule has 228 valence electrons. The highest BCUT2D eigenvalue weighted by Gasteiger charge is 2.58. The molecule has 8 heteroatoms. The summed E-state index contributed by atoms with van der Waals surface area (Å²) in [6.45, 7) is 5.63. The number of piperidine rings is 1. The van der Waals surface area contributed by atoms with Crippen LogP contribution >= 0.6 is 11.6 Å². The molecule has 1 N–H and O–H groups in total. The van der Waals surface area contributed by atoms with Crippen molar-refractivity contribution in [3.05, 3.63) is 81.4 Å². The minimum absolute atomic E-state index is 0.00206. The fraction of sp³-hybridized carbons (Fsp3) is 0.486. The van der Waals surface area contributed by atoms with Crippen molar-refractivity contribution in [2.45, 2.75) is 57.7 Å². The van der Waals surface area contributed by atoms with Crippen molar-refractivity contribution in [2.24, 2.45) is 17.8 Å². The van der Waals surface area contributed by atoms with E-state index >= 15 is 0 Å². The molecule has 0 aromatic heterocycles. The lowest BCUT2D eigenvalue weighted by Gasteiger charge is -2.36. The van der Waals surface area contributed by atoms with Gasteiger partial charge in [-0.15, -0.1) is 0 Å². The number of benzene rings is 2. The van der Waals surface area contributed by atoms with Crippen LogP contribution in [-0.2, 0) is 25.6 Å². The number of ether oxygens (including phenoxy) is 2. The average Bonchev–Trinajstić information content (AvgIpc) is 3.53. The van der Waals surface area contributed by atoms with Crippen molar-refractivity contribution in [1.82, 2.24) is 9.80 Å². The van der Waals surface area contributed by atoms with Crippen LogP contribution in [0.3, 0.4) is 0 Å². The number of likely N-dealkylation sites (tertiary alicyclic amines) is 2. The summed E-state index contributed by atoms with van der Waals surface area (Å²) in [6, 6.07) is 15.4. The van der Waals surface area contributed by atoms with Crippen molar-refractivity contribution in [1.29, 1.82) is 0 Å². The Hall–Kier alpha value is -2.97. The summed E-state index contributed by atoms with van der Waals surface area (Å²) in [5, 5.41) is 10.2. The Balaban J connectivity index is 1.13. The number of carbonyl (C=O) groups excluding carboxylic acids is 2. The van der Waals surface area contributed by atoms with E-state index in [2.05, 4.69) is 36.1 Å².